The Labute approximate surface area is 102 Å². The molecule has 0 amide bonds. The van der Waals surface area contributed by atoms with Crippen LogP contribution < -0.4 is 0 Å². The molecule has 1 heterocycles. The monoisotopic (exact) mass is 288 g/mol. The smallest absolute Gasteiger partial charge is 0.0761 e. The summed E-state index contributed by atoms with van der Waals surface area (Å²) in [6.07, 6.45) is 4.81. The molecule has 5 heteroatoms. The van der Waals surface area contributed by atoms with E-state index in [1.165, 1.54) is 6.21 Å². The first kappa shape index (κ1) is 12.5. The number of hydrogen-bond donors (Lipinski definition) is 1. The van der Waals surface area contributed by atoms with E-state index >= 15 is 0 Å². The third kappa shape index (κ3) is 3.83. The molecule has 0 unspecified atom stereocenters. The molecule has 0 aromatic carbocycles. The second-order valence-corrected chi connectivity index (χ2v) is 6.69. The zero-order valence-electron chi connectivity index (χ0n) is 8.86. The molecule has 15 heavy (non-hydrogen) atoms. The van der Waals surface area contributed by atoms with Gasteiger partial charge in [0.2, 0.25) is 0 Å². The van der Waals surface area contributed by atoms with Gasteiger partial charge in [0.25, 0.3) is 0 Å². The molecule has 0 aliphatic heterocycles. The zero-order chi connectivity index (χ0) is 11.5. The van der Waals surface area contributed by atoms with Crippen LogP contribution in [0, 0.1) is 0 Å². The van der Waals surface area contributed by atoms with E-state index in [1.54, 1.807) is 24.2 Å². The lowest BCUT2D eigenvalue weighted by Crippen LogP contribution is -2.08. The van der Waals surface area contributed by atoms with E-state index in [4.69, 9.17) is 5.21 Å². The summed E-state index contributed by atoms with van der Waals surface area (Å²) in [6, 6.07) is 0. The number of halogens is 1. The quantitative estimate of drug-likeness (QED) is 0.392. The lowest BCUT2D eigenvalue weighted by molar-refractivity contribution is 0.321. The van der Waals surface area contributed by atoms with Crippen molar-refractivity contribution in [3.63, 3.8) is 0 Å². The number of aromatic nitrogens is 1. The average Bonchev–Trinajstić information content (AvgIpc) is 2.10. The number of oxime groups is 1. The van der Waals surface area contributed by atoms with Crippen LogP contribution in [0.3, 0.4) is 0 Å². The second-order valence-electron chi connectivity index (χ2n) is 4.00. The SMILES string of the molecule is CC(C)(C)Sc1c(Br)cncc1/C=N/O. The van der Waals surface area contributed by atoms with Crippen LogP contribution in [0.4, 0.5) is 0 Å². The highest BCUT2D eigenvalue weighted by atomic mass is 79.9. The predicted octanol–water partition coefficient (Wildman–Crippen LogP) is 3.54. The Morgan fingerprint density at radius 1 is 1.47 bits per heavy atom. The van der Waals surface area contributed by atoms with Gasteiger partial charge in [-0.15, -0.1) is 11.8 Å². The van der Waals surface area contributed by atoms with Gasteiger partial charge in [0.05, 0.1) is 10.7 Å². The Morgan fingerprint density at radius 3 is 2.67 bits per heavy atom. The van der Waals surface area contributed by atoms with Crippen molar-refractivity contribution < 1.29 is 5.21 Å². The van der Waals surface area contributed by atoms with Gasteiger partial charge in [-0.1, -0.05) is 25.9 Å². The first-order valence-electron chi connectivity index (χ1n) is 4.44. The van der Waals surface area contributed by atoms with E-state index in [9.17, 15) is 0 Å². The topological polar surface area (TPSA) is 45.5 Å². The van der Waals surface area contributed by atoms with Crippen molar-refractivity contribution in [2.75, 3.05) is 0 Å². The maximum Gasteiger partial charge on any atom is 0.0761 e. The lowest BCUT2D eigenvalue weighted by atomic mass is 10.3. The van der Waals surface area contributed by atoms with Crippen LogP contribution in [0.15, 0.2) is 26.9 Å². The van der Waals surface area contributed by atoms with E-state index in [0.717, 1.165) is 14.9 Å². The van der Waals surface area contributed by atoms with E-state index in [-0.39, 0.29) is 4.75 Å². The molecule has 0 saturated carbocycles. The summed E-state index contributed by atoms with van der Waals surface area (Å²) < 4.78 is 1.02. The average molecular weight is 289 g/mol. The fraction of sp³-hybridized carbons (Fsp3) is 0.400. The molecular weight excluding hydrogens is 276 g/mol. The van der Waals surface area contributed by atoms with Crippen LogP contribution in [0.2, 0.25) is 0 Å². The van der Waals surface area contributed by atoms with Gasteiger partial charge in [0.15, 0.2) is 0 Å². The van der Waals surface area contributed by atoms with Crippen LogP contribution in [0.25, 0.3) is 0 Å². The van der Waals surface area contributed by atoms with Crippen molar-refractivity contribution >= 4 is 33.9 Å². The summed E-state index contributed by atoms with van der Waals surface area (Å²) in [4.78, 5) is 5.07. The molecule has 0 saturated heterocycles. The summed E-state index contributed by atoms with van der Waals surface area (Å²) in [5, 5.41) is 11.6. The highest BCUT2D eigenvalue weighted by Gasteiger charge is 2.16. The van der Waals surface area contributed by atoms with Crippen molar-refractivity contribution in [2.45, 2.75) is 30.4 Å². The number of pyridine rings is 1. The third-order valence-corrected chi connectivity index (χ3v) is 3.62. The molecule has 0 radical (unpaired) electrons. The van der Waals surface area contributed by atoms with E-state index in [1.807, 2.05) is 0 Å². The maximum atomic E-state index is 8.55. The Morgan fingerprint density at radius 2 is 2.13 bits per heavy atom. The van der Waals surface area contributed by atoms with Crippen molar-refractivity contribution in [1.82, 2.24) is 4.98 Å². The zero-order valence-corrected chi connectivity index (χ0v) is 11.3. The van der Waals surface area contributed by atoms with Crippen molar-refractivity contribution in [3.8, 4) is 0 Å². The Kier molecular flexibility index (Phi) is 4.16. The van der Waals surface area contributed by atoms with Gasteiger partial charge in [-0.05, 0) is 15.9 Å². The van der Waals surface area contributed by atoms with Crippen molar-refractivity contribution in [2.24, 2.45) is 5.16 Å². The lowest BCUT2D eigenvalue weighted by Gasteiger charge is -2.19. The fourth-order valence-electron chi connectivity index (χ4n) is 1.01. The van der Waals surface area contributed by atoms with E-state index < -0.39 is 0 Å². The van der Waals surface area contributed by atoms with Gasteiger partial charge in [-0.2, -0.15) is 0 Å². The van der Waals surface area contributed by atoms with Crippen LogP contribution >= 0.6 is 27.7 Å². The Hall–Kier alpha value is -0.550. The van der Waals surface area contributed by atoms with Crippen molar-refractivity contribution in [3.05, 3.63) is 22.4 Å². The van der Waals surface area contributed by atoms with Gasteiger partial charge in [0, 0.05) is 27.6 Å². The predicted molar refractivity (Wildman–Crippen MR) is 66.9 cm³/mol. The summed E-state index contributed by atoms with van der Waals surface area (Å²) in [7, 11) is 0. The van der Waals surface area contributed by atoms with Crippen LogP contribution in [-0.4, -0.2) is 21.2 Å². The minimum Gasteiger partial charge on any atom is -0.411 e. The Balaban J connectivity index is 3.13. The normalized spacial score (nSPS) is 12.3. The van der Waals surface area contributed by atoms with Crippen LogP contribution in [-0.2, 0) is 0 Å². The summed E-state index contributed by atoms with van der Waals surface area (Å²) in [5.74, 6) is 0. The van der Waals surface area contributed by atoms with Gasteiger partial charge in [-0.25, -0.2) is 0 Å². The molecule has 0 fully saturated rings. The van der Waals surface area contributed by atoms with Gasteiger partial charge >= 0.3 is 0 Å². The first-order valence-corrected chi connectivity index (χ1v) is 6.05. The number of hydrogen-bond acceptors (Lipinski definition) is 4. The Bertz CT molecular complexity index is 374. The number of nitrogens with zero attached hydrogens (tertiary/aromatic N) is 2. The largest absolute Gasteiger partial charge is 0.411 e. The third-order valence-electron chi connectivity index (χ3n) is 1.49. The summed E-state index contributed by atoms with van der Waals surface area (Å²) in [5.41, 5.74) is 0.812. The maximum absolute atomic E-state index is 8.55. The van der Waals surface area contributed by atoms with Gasteiger partial charge in [0.1, 0.15) is 0 Å². The molecular formula is C10H13BrN2OS. The van der Waals surface area contributed by atoms with Gasteiger partial charge in [-0.3, -0.25) is 4.98 Å². The highest BCUT2D eigenvalue weighted by Crippen LogP contribution is 2.37. The van der Waals surface area contributed by atoms with Crippen LogP contribution in [0.5, 0.6) is 0 Å². The van der Waals surface area contributed by atoms with Gasteiger partial charge < -0.3 is 5.21 Å². The first-order chi connectivity index (χ1) is 6.94. The number of rotatable bonds is 2. The van der Waals surface area contributed by atoms with Crippen molar-refractivity contribution in [1.29, 1.82) is 0 Å². The standard InChI is InChI=1S/C10H13BrN2OS/c1-10(2,3)15-9-7(5-13-14)4-12-6-8(9)11/h4-6,14H,1-3H3/b13-5+. The molecule has 3 nitrogen and oxygen atoms in total. The minimum atomic E-state index is 0.0991. The molecule has 1 N–H and O–H groups in total. The molecule has 0 bridgehead atoms. The molecule has 0 spiro atoms. The molecule has 0 aliphatic carbocycles. The van der Waals surface area contributed by atoms with Crippen LogP contribution in [0.1, 0.15) is 26.3 Å². The second kappa shape index (κ2) is 4.99. The highest BCUT2D eigenvalue weighted by molar-refractivity contribution is 9.10. The summed E-state index contributed by atoms with van der Waals surface area (Å²) in [6.45, 7) is 6.39. The molecule has 0 atom stereocenters. The molecule has 1 rings (SSSR count). The fourth-order valence-corrected chi connectivity index (χ4v) is 2.58. The molecule has 82 valence electrons. The molecule has 1 aromatic rings. The number of thioether (sulfide) groups is 1. The molecule has 1 aromatic heterocycles. The van der Waals surface area contributed by atoms with E-state index in [0.29, 0.717) is 0 Å². The minimum absolute atomic E-state index is 0.0991. The summed E-state index contributed by atoms with van der Waals surface area (Å²) >= 11 is 5.15. The molecule has 0 aliphatic rings. The van der Waals surface area contributed by atoms with E-state index in [2.05, 4.69) is 46.8 Å².